The topological polar surface area (TPSA) is 113 Å². The summed E-state index contributed by atoms with van der Waals surface area (Å²) in [6.45, 7) is 4.65. The Morgan fingerprint density at radius 1 is 1.12 bits per heavy atom. The van der Waals surface area contributed by atoms with Crippen molar-refractivity contribution in [2.45, 2.75) is 18.8 Å². The van der Waals surface area contributed by atoms with Gasteiger partial charge < -0.3 is 25.3 Å². The standard InChI is InChI=1S/C17H23N7O2/c18-17-21-14(23-4-6-26-7-5-23)9-15(22-17)24-3-1-2-12(10-24)13-8-16(25)20-11-19-13/h8-9,11-12H,1-7,10H2,(H2,18,21,22)(H,19,20,25). The molecule has 0 aliphatic carbocycles. The Labute approximate surface area is 151 Å². The summed E-state index contributed by atoms with van der Waals surface area (Å²) >= 11 is 0. The molecule has 26 heavy (non-hydrogen) atoms. The van der Waals surface area contributed by atoms with Crippen LogP contribution in [-0.4, -0.2) is 59.3 Å². The lowest BCUT2D eigenvalue weighted by Crippen LogP contribution is -2.38. The molecule has 1 atom stereocenters. The number of piperidine rings is 1. The van der Waals surface area contributed by atoms with Gasteiger partial charge in [-0.3, -0.25) is 4.79 Å². The zero-order valence-electron chi connectivity index (χ0n) is 14.6. The number of nitrogens with two attached hydrogens (primary N) is 1. The number of H-pyrrole nitrogens is 1. The third-order valence-electron chi connectivity index (χ3n) is 4.91. The molecule has 0 saturated carbocycles. The van der Waals surface area contributed by atoms with Crippen LogP contribution in [0.4, 0.5) is 17.6 Å². The van der Waals surface area contributed by atoms with Crippen LogP contribution >= 0.6 is 0 Å². The molecule has 0 radical (unpaired) electrons. The molecule has 4 rings (SSSR count). The highest BCUT2D eigenvalue weighted by atomic mass is 16.5. The van der Waals surface area contributed by atoms with Gasteiger partial charge in [-0.05, 0) is 12.8 Å². The Bertz CT molecular complexity index is 819. The van der Waals surface area contributed by atoms with Crippen molar-refractivity contribution in [3.05, 3.63) is 34.5 Å². The molecule has 0 amide bonds. The van der Waals surface area contributed by atoms with E-state index in [1.54, 1.807) is 6.07 Å². The zero-order valence-corrected chi connectivity index (χ0v) is 14.6. The van der Waals surface area contributed by atoms with E-state index in [-0.39, 0.29) is 17.4 Å². The Morgan fingerprint density at radius 2 is 1.88 bits per heavy atom. The van der Waals surface area contributed by atoms with E-state index in [9.17, 15) is 4.79 Å². The predicted octanol–water partition coefficient (Wildman–Crippen LogP) is 0.363. The third kappa shape index (κ3) is 3.62. The van der Waals surface area contributed by atoms with Gasteiger partial charge in [-0.15, -0.1) is 0 Å². The van der Waals surface area contributed by atoms with E-state index >= 15 is 0 Å². The highest BCUT2D eigenvalue weighted by molar-refractivity contribution is 5.54. The van der Waals surface area contributed by atoms with E-state index in [4.69, 9.17) is 10.5 Å². The van der Waals surface area contributed by atoms with E-state index in [1.165, 1.54) is 6.33 Å². The zero-order chi connectivity index (χ0) is 17.9. The molecule has 2 aromatic heterocycles. The molecular weight excluding hydrogens is 334 g/mol. The fourth-order valence-electron chi connectivity index (χ4n) is 3.59. The van der Waals surface area contributed by atoms with Gasteiger partial charge in [0.1, 0.15) is 11.6 Å². The van der Waals surface area contributed by atoms with Gasteiger partial charge in [0.05, 0.1) is 25.2 Å². The van der Waals surface area contributed by atoms with Gasteiger partial charge in [0, 0.05) is 44.2 Å². The van der Waals surface area contributed by atoms with Gasteiger partial charge in [0.2, 0.25) is 5.95 Å². The maximum absolute atomic E-state index is 11.6. The monoisotopic (exact) mass is 357 g/mol. The molecular formula is C17H23N7O2. The summed E-state index contributed by atoms with van der Waals surface area (Å²) < 4.78 is 5.41. The lowest BCUT2D eigenvalue weighted by atomic mass is 9.94. The van der Waals surface area contributed by atoms with Crippen LogP contribution in [0.1, 0.15) is 24.5 Å². The second kappa shape index (κ2) is 7.28. The van der Waals surface area contributed by atoms with Crippen LogP contribution < -0.4 is 21.1 Å². The molecule has 2 aromatic rings. The molecule has 0 spiro atoms. The number of rotatable bonds is 3. The van der Waals surface area contributed by atoms with Crippen LogP contribution in [0, 0.1) is 0 Å². The minimum absolute atomic E-state index is 0.118. The summed E-state index contributed by atoms with van der Waals surface area (Å²) in [6.07, 6.45) is 3.48. The molecule has 3 N–H and O–H groups in total. The molecule has 2 fully saturated rings. The summed E-state index contributed by atoms with van der Waals surface area (Å²) in [5.41, 5.74) is 6.68. The summed E-state index contributed by atoms with van der Waals surface area (Å²) in [7, 11) is 0. The van der Waals surface area contributed by atoms with Crippen LogP contribution in [-0.2, 0) is 4.74 Å². The molecule has 2 aliphatic rings. The van der Waals surface area contributed by atoms with Crippen molar-refractivity contribution in [1.29, 1.82) is 0 Å². The number of nitrogens with one attached hydrogen (secondary N) is 1. The first-order valence-electron chi connectivity index (χ1n) is 8.96. The number of hydrogen-bond acceptors (Lipinski definition) is 8. The second-order valence-electron chi connectivity index (χ2n) is 6.66. The van der Waals surface area contributed by atoms with E-state index in [0.717, 1.165) is 56.4 Å². The van der Waals surface area contributed by atoms with Gasteiger partial charge in [-0.2, -0.15) is 9.97 Å². The number of ether oxygens (including phenoxy) is 1. The summed E-state index contributed by atoms with van der Waals surface area (Å²) in [5, 5.41) is 0. The van der Waals surface area contributed by atoms with Crippen LogP contribution in [0.3, 0.4) is 0 Å². The first-order chi connectivity index (χ1) is 12.7. The number of anilines is 3. The van der Waals surface area contributed by atoms with Gasteiger partial charge >= 0.3 is 0 Å². The Hall–Kier alpha value is -2.68. The third-order valence-corrected chi connectivity index (χ3v) is 4.91. The SMILES string of the molecule is Nc1nc(N2CCOCC2)cc(N2CCCC(c3cc(=O)[nH]cn3)C2)n1. The van der Waals surface area contributed by atoms with Gasteiger partial charge in [0.15, 0.2) is 0 Å². The molecule has 2 saturated heterocycles. The number of aromatic nitrogens is 4. The van der Waals surface area contributed by atoms with E-state index < -0.39 is 0 Å². The normalized spacial score (nSPS) is 21.0. The summed E-state index contributed by atoms with van der Waals surface area (Å²) in [4.78, 5) is 31.7. The van der Waals surface area contributed by atoms with Crippen LogP contribution in [0.5, 0.6) is 0 Å². The van der Waals surface area contributed by atoms with Crippen molar-refractivity contribution in [2.24, 2.45) is 0 Å². The Morgan fingerprint density at radius 3 is 2.65 bits per heavy atom. The van der Waals surface area contributed by atoms with E-state index in [1.807, 2.05) is 6.07 Å². The molecule has 0 bridgehead atoms. The van der Waals surface area contributed by atoms with Crippen LogP contribution in [0.25, 0.3) is 0 Å². The number of aromatic amines is 1. The van der Waals surface area contributed by atoms with Crippen LogP contribution in [0.15, 0.2) is 23.3 Å². The molecule has 2 aliphatic heterocycles. The second-order valence-corrected chi connectivity index (χ2v) is 6.66. The van der Waals surface area contributed by atoms with Crippen LogP contribution in [0.2, 0.25) is 0 Å². The fraction of sp³-hybridized carbons (Fsp3) is 0.529. The van der Waals surface area contributed by atoms with Crippen molar-refractivity contribution in [1.82, 2.24) is 19.9 Å². The van der Waals surface area contributed by atoms with Crippen molar-refractivity contribution in [3.63, 3.8) is 0 Å². The predicted molar refractivity (Wildman–Crippen MR) is 98.5 cm³/mol. The largest absolute Gasteiger partial charge is 0.378 e. The quantitative estimate of drug-likeness (QED) is 0.810. The van der Waals surface area contributed by atoms with Crippen molar-refractivity contribution < 1.29 is 4.74 Å². The summed E-state index contributed by atoms with van der Waals surface area (Å²) in [5.74, 6) is 2.15. The van der Waals surface area contributed by atoms with E-state index in [0.29, 0.717) is 13.2 Å². The lowest BCUT2D eigenvalue weighted by molar-refractivity contribution is 0.122. The van der Waals surface area contributed by atoms with Gasteiger partial charge in [0.25, 0.3) is 5.56 Å². The summed E-state index contributed by atoms with van der Waals surface area (Å²) in [6, 6.07) is 3.58. The van der Waals surface area contributed by atoms with Crippen molar-refractivity contribution in [3.8, 4) is 0 Å². The van der Waals surface area contributed by atoms with E-state index in [2.05, 4.69) is 29.7 Å². The Kier molecular flexibility index (Phi) is 4.70. The minimum atomic E-state index is -0.118. The number of nitrogens with zero attached hydrogens (tertiary/aromatic N) is 5. The molecule has 4 heterocycles. The molecule has 0 aromatic carbocycles. The smallest absolute Gasteiger partial charge is 0.250 e. The fourth-order valence-corrected chi connectivity index (χ4v) is 3.59. The number of hydrogen-bond donors (Lipinski definition) is 2. The Balaban J connectivity index is 1.56. The lowest BCUT2D eigenvalue weighted by Gasteiger charge is -2.34. The molecule has 1 unspecified atom stereocenters. The average molecular weight is 357 g/mol. The van der Waals surface area contributed by atoms with Crippen molar-refractivity contribution in [2.75, 3.05) is 54.9 Å². The average Bonchev–Trinajstić information content (AvgIpc) is 2.68. The maximum Gasteiger partial charge on any atom is 0.250 e. The number of nitrogen functional groups attached to an aromatic ring is 1. The minimum Gasteiger partial charge on any atom is -0.378 e. The van der Waals surface area contributed by atoms with Gasteiger partial charge in [-0.1, -0.05) is 0 Å². The molecule has 138 valence electrons. The maximum atomic E-state index is 11.6. The van der Waals surface area contributed by atoms with Crippen molar-refractivity contribution >= 4 is 17.6 Å². The van der Waals surface area contributed by atoms with Gasteiger partial charge in [-0.25, -0.2) is 4.98 Å². The molecule has 9 nitrogen and oxygen atoms in total. The number of morpholine rings is 1. The first-order valence-corrected chi connectivity index (χ1v) is 8.96. The highest BCUT2D eigenvalue weighted by Gasteiger charge is 2.25. The highest BCUT2D eigenvalue weighted by Crippen LogP contribution is 2.29. The first kappa shape index (κ1) is 16.8. The molecule has 9 heteroatoms.